The van der Waals surface area contributed by atoms with Crippen molar-refractivity contribution in [2.75, 3.05) is 27.3 Å². The molecule has 4 rings (SSSR count). The molecule has 1 aliphatic rings. The molecule has 150 valence electrons. The Labute approximate surface area is 168 Å². The number of nitrogens with zero attached hydrogens (tertiary/aromatic N) is 3. The van der Waals surface area contributed by atoms with Crippen LogP contribution in [0.3, 0.4) is 0 Å². The van der Waals surface area contributed by atoms with Gasteiger partial charge in [0.1, 0.15) is 22.2 Å². The van der Waals surface area contributed by atoms with Gasteiger partial charge in [-0.3, -0.25) is 0 Å². The van der Waals surface area contributed by atoms with E-state index >= 15 is 0 Å². The Morgan fingerprint density at radius 1 is 1.25 bits per heavy atom. The van der Waals surface area contributed by atoms with Gasteiger partial charge in [-0.1, -0.05) is 18.3 Å². The number of hydrogen-bond donors (Lipinski definition) is 2. The van der Waals surface area contributed by atoms with Crippen molar-refractivity contribution in [2.24, 2.45) is 5.92 Å². The number of hydrogen-bond acceptors (Lipinski definition) is 6. The second-order valence-corrected chi connectivity index (χ2v) is 8.53. The summed E-state index contributed by atoms with van der Waals surface area (Å²) in [5.74, 6) is 3.09. The third kappa shape index (κ3) is 3.31. The molecule has 8 heteroatoms. The number of aromatic nitrogens is 3. The van der Waals surface area contributed by atoms with Crippen LogP contribution in [0.5, 0.6) is 17.4 Å². The lowest BCUT2D eigenvalue weighted by Gasteiger charge is -2.34. The second-order valence-electron chi connectivity index (χ2n) is 7.52. The fourth-order valence-corrected chi connectivity index (χ4v) is 5.24. The molecule has 28 heavy (non-hydrogen) atoms. The molecule has 0 saturated carbocycles. The van der Waals surface area contributed by atoms with Gasteiger partial charge in [-0.25, -0.2) is 4.98 Å². The van der Waals surface area contributed by atoms with E-state index in [1.165, 1.54) is 29.1 Å². The summed E-state index contributed by atoms with van der Waals surface area (Å²) in [4.78, 5) is 7.47. The Kier molecular flexibility index (Phi) is 5.16. The highest BCUT2D eigenvalue weighted by molar-refractivity contribution is 7.17. The lowest BCUT2D eigenvalue weighted by Crippen LogP contribution is -3.13. The van der Waals surface area contributed by atoms with Crippen molar-refractivity contribution in [3.8, 4) is 17.4 Å². The van der Waals surface area contributed by atoms with Crippen LogP contribution in [0.15, 0.2) is 18.2 Å². The second kappa shape index (κ2) is 7.60. The summed E-state index contributed by atoms with van der Waals surface area (Å²) >= 11 is 1.50. The number of thiazole rings is 1. The standard InChI is InChI=1S/C20H26N4O3S/c1-12-7-9-23(10-8-12)17(15-6-5-14(26-3)11-16(15)27-4)18-19(25)24-20(28-18)21-13(2)22-24/h5-6,11-12,17,25H,7-10H2,1-4H3/p+1/t17-/m1/s1. The van der Waals surface area contributed by atoms with E-state index < -0.39 is 0 Å². The molecule has 0 radical (unpaired) electrons. The number of methoxy groups -OCH3 is 2. The first-order chi connectivity index (χ1) is 13.5. The highest BCUT2D eigenvalue weighted by Crippen LogP contribution is 2.39. The Bertz CT molecular complexity index is 975. The van der Waals surface area contributed by atoms with Crippen LogP contribution in [0.2, 0.25) is 0 Å². The van der Waals surface area contributed by atoms with Gasteiger partial charge in [-0.2, -0.15) is 4.52 Å². The zero-order valence-corrected chi connectivity index (χ0v) is 17.5. The minimum atomic E-state index is -0.0397. The Morgan fingerprint density at radius 3 is 2.64 bits per heavy atom. The predicted octanol–water partition coefficient (Wildman–Crippen LogP) is 2.23. The number of piperidine rings is 1. The first-order valence-corrected chi connectivity index (χ1v) is 10.4. The molecule has 7 nitrogen and oxygen atoms in total. The average molecular weight is 404 g/mol. The average Bonchev–Trinajstić information content (AvgIpc) is 3.21. The van der Waals surface area contributed by atoms with Gasteiger partial charge >= 0.3 is 0 Å². The van der Waals surface area contributed by atoms with E-state index in [4.69, 9.17) is 9.47 Å². The first kappa shape index (κ1) is 19.0. The molecule has 3 heterocycles. The Hall–Kier alpha value is -2.32. The number of ether oxygens (including phenoxy) is 2. The van der Waals surface area contributed by atoms with Crippen LogP contribution in [-0.4, -0.2) is 47.0 Å². The fourth-order valence-electron chi connectivity index (χ4n) is 4.06. The van der Waals surface area contributed by atoms with Gasteiger partial charge in [0.05, 0.1) is 32.9 Å². The molecule has 2 N–H and O–H groups in total. The molecule has 0 spiro atoms. The monoisotopic (exact) mass is 403 g/mol. The summed E-state index contributed by atoms with van der Waals surface area (Å²) in [6, 6.07) is 5.87. The largest absolute Gasteiger partial charge is 0.497 e. The minimum Gasteiger partial charge on any atom is -0.497 e. The van der Waals surface area contributed by atoms with Gasteiger partial charge in [0.2, 0.25) is 10.8 Å². The maximum atomic E-state index is 11.0. The van der Waals surface area contributed by atoms with Crippen molar-refractivity contribution in [1.29, 1.82) is 0 Å². The topological polar surface area (TPSA) is 73.3 Å². The van der Waals surface area contributed by atoms with Gasteiger partial charge in [-0.15, -0.1) is 5.10 Å². The summed E-state index contributed by atoms with van der Waals surface area (Å²) in [6.45, 7) is 6.24. The third-order valence-corrected chi connectivity index (χ3v) is 6.73. The molecule has 0 aliphatic carbocycles. The number of fused-ring (bicyclic) bond motifs is 1. The molecule has 1 fully saturated rings. The summed E-state index contributed by atoms with van der Waals surface area (Å²) in [5.41, 5.74) is 1.05. The lowest BCUT2D eigenvalue weighted by atomic mass is 9.94. The molecule has 0 unspecified atom stereocenters. The SMILES string of the molecule is COc1ccc([C@H](c2sc3nc(C)nn3c2O)[NH+]2CCC(C)CC2)c(OC)c1. The Morgan fingerprint density at radius 2 is 2.00 bits per heavy atom. The van der Waals surface area contributed by atoms with Gasteiger partial charge in [-0.05, 0) is 37.8 Å². The molecule has 2 aromatic heterocycles. The fraction of sp³-hybridized carbons (Fsp3) is 0.500. The molecule has 3 aromatic rings. The number of quaternary nitrogens is 1. The summed E-state index contributed by atoms with van der Waals surface area (Å²) in [5, 5.41) is 15.3. The number of aromatic hydroxyl groups is 1. The zero-order chi connectivity index (χ0) is 19.8. The first-order valence-electron chi connectivity index (χ1n) is 9.63. The van der Waals surface area contributed by atoms with E-state index in [0.717, 1.165) is 40.9 Å². The zero-order valence-electron chi connectivity index (χ0n) is 16.7. The van der Waals surface area contributed by atoms with Crippen molar-refractivity contribution >= 4 is 16.3 Å². The molecule has 1 atom stereocenters. The van der Waals surface area contributed by atoms with E-state index in [0.29, 0.717) is 10.8 Å². The van der Waals surface area contributed by atoms with E-state index in [2.05, 4.69) is 17.0 Å². The summed E-state index contributed by atoms with van der Waals surface area (Å²) in [7, 11) is 3.33. The normalized spacial score (nSPS) is 21.0. The van der Waals surface area contributed by atoms with E-state index in [1.54, 1.807) is 18.7 Å². The number of benzene rings is 1. The van der Waals surface area contributed by atoms with E-state index in [9.17, 15) is 5.11 Å². The van der Waals surface area contributed by atoms with Crippen LogP contribution in [0.1, 0.15) is 42.1 Å². The van der Waals surface area contributed by atoms with Crippen LogP contribution in [0, 0.1) is 12.8 Å². The van der Waals surface area contributed by atoms with Crippen molar-refractivity contribution in [2.45, 2.75) is 32.7 Å². The molecule has 1 aliphatic heterocycles. The van der Waals surface area contributed by atoms with Crippen molar-refractivity contribution in [3.63, 3.8) is 0 Å². The molecule has 1 aromatic carbocycles. The quantitative estimate of drug-likeness (QED) is 0.683. The lowest BCUT2D eigenvalue weighted by molar-refractivity contribution is -0.931. The van der Waals surface area contributed by atoms with Crippen LogP contribution >= 0.6 is 11.3 Å². The van der Waals surface area contributed by atoms with Gasteiger partial charge in [0, 0.05) is 6.07 Å². The predicted molar refractivity (Wildman–Crippen MR) is 108 cm³/mol. The highest BCUT2D eigenvalue weighted by atomic mass is 32.1. The number of rotatable bonds is 5. The van der Waals surface area contributed by atoms with Crippen LogP contribution < -0.4 is 14.4 Å². The van der Waals surface area contributed by atoms with Crippen LogP contribution in [-0.2, 0) is 0 Å². The Balaban J connectivity index is 1.84. The van der Waals surface area contributed by atoms with Crippen LogP contribution in [0.25, 0.3) is 4.96 Å². The van der Waals surface area contributed by atoms with Crippen molar-refractivity contribution < 1.29 is 19.5 Å². The number of aryl methyl sites for hydroxylation is 1. The van der Waals surface area contributed by atoms with Gasteiger partial charge < -0.3 is 19.5 Å². The number of nitrogens with one attached hydrogen (secondary N) is 1. The third-order valence-electron chi connectivity index (χ3n) is 5.64. The van der Waals surface area contributed by atoms with Crippen LogP contribution in [0.4, 0.5) is 0 Å². The molecule has 0 bridgehead atoms. The number of likely N-dealkylation sites (tertiary alicyclic amines) is 1. The van der Waals surface area contributed by atoms with Gasteiger partial charge in [0.15, 0.2) is 6.04 Å². The molecular weight excluding hydrogens is 376 g/mol. The molecular formula is C20H27N4O3S+. The van der Waals surface area contributed by atoms with Crippen molar-refractivity contribution in [3.05, 3.63) is 34.5 Å². The smallest absolute Gasteiger partial charge is 0.235 e. The minimum absolute atomic E-state index is 0.0397. The molecule has 1 saturated heterocycles. The highest BCUT2D eigenvalue weighted by Gasteiger charge is 2.36. The molecule has 0 amide bonds. The van der Waals surface area contributed by atoms with Crippen molar-refractivity contribution in [1.82, 2.24) is 14.6 Å². The van der Waals surface area contributed by atoms with E-state index in [1.807, 2.05) is 25.1 Å². The maximum Gasteiger partial charge on any atom is 0.235 e. The van der Waals surface area contributed by atoms with E-state index in [-0.39, 0.29) is 11.9 Å². The summed E-state index contributed by atoms with van der Waals surface area (Å²) in [6.07, 6.45) is 2.34. The summed E-state index contributed by atoms with van der Waals surface area (Å²) < 4.78 is 12.6. The maximum absolute atomic E-state index is 11.0. The van der Waals surface area contributed by atoms with Gasteiger partial charge in [0.25, 0.3) is 0 Å².